The molecule has 6 nitrogen and oxygen atoms in total. The highest BCUT2D eigenvalue weighted by Gasteiger charge is 2.29. The Balaban J connectivity index is 1.16. The van der Waals surface area contributed by atoms with Crippen LogP contribution < -0.4 is 10.6 Å². The van der Waals surface area contributed by atoms with Gasteiger partial charge in [-0.15, -0.1) is 0 Å². The predicted octanol–water partition coefficient (Wildman–Crippen LogP) is 3.64. The number of rotatable bonds is 7. The number of nitrogens with zero attached hydrogens (tertiary/aromatic N) is 3. The highest BCUT2D eigenvalue weighted by molar-refractivity contribution is 5.64. The summed E-state index contributed by atoms with van der Waals surface area (Å²) in [6, 6.07) is 10.9. The fourth-order valence-corrected chi connectivity index (χ4v) is 4.93. The molecule has 1 aromatic heterocycles. The summed E-state index contributed by atoms with van der Waals surface area (Å²) in [5.41, 5.74) is 5.64. The van der Waals surface area contributed by atoms with Crippen LogP contribution in [0.1, 0.15) is 30.9 Å². The number of fused-ring (bicyclic) bond motifs is 1. The smallest absolute Gasteiger partial charge is 0.153 e. The van der Waals surface area contributed by atoms with Crippen molar-refractivity contribution in [2.75, 3.05) is 49.9 Å². The van der Waals surface area contributed by atoms with Gasteiger partial charge in [0.1, 0.15) is 5.82 Å². The van der Waals surface area contributed by atoms with Crippen molar-refractivity contribution in [3.05, 3.63) is 64.8 Å². The fourth-order valence-electron chi connectivity index (χ4n) is 4.93. The summed E-state index contributed by atoms with van der Waals surface area (Å²) in [4.78, 5) is 5.16. The lowest BCUT2D eigenvalue weighted by atomic mass is 9.91. The molecule has 0 amide bonds. The van der Waals surface area contributed by atoms with E-state index in [0.29, 0.717) is 6.04 Å². The van der Waals surface area contributed by atoms with Crippen LogP contribution in [0.5, 0.6) is 0 Å². The molecular weight excluding hydrogens is 384 g/mol. The molecule has 1 unspecified atom stereocenters. The van der Waals surface area contributed by atoms with Gasteiger partial charge in [-0.1, -0.05) is 55.0 Å². The Morgan fingerprint density at radius 3 is 2.58 bits per heavy atom. The van der Waals surface area contributed by atoms with Crippen molar-refractivity contribution in [2.24, 2.45) is 0 Å². The SMILES string of the molecule is CCN1CCN(CC2=CC=C(C3Cc4c(NCc5ccccc5)n[nH]c4N3)CC2)CC1. The standard InChI is InChI=1S/C25H34N6/c1-2-30-12-14-31(15-13-30)18-20-8-10-21(11-9-20)23-16-22-24(28-29-25(22)27-23)26-17-19-6-4-3-5-7-19/h3-8,10,23H,2,9,11-18H2,1H3,(H3,26,27,28,29). The predicted molar refractivity (Wildman–Crippen MR) is 127 cm³/mol. The third kappa shape index (κ3) is 4.70. The Morgan fingerprint density at radius 2 is 1.84 bits per heavy atom. The van der Waals surface area contributed by atoms with Gasteiger partial charge in [-0.25, -0.2) is 0 Å². The van der Waals surface area contributed by atoms with E-state index in [-0.39, 0.29) is 0 Å². The van der Waals surface area contributed by atoms with Crippen LogP contribution in [0.25, 0.3) is 0 Å². The third-order valence-electron chi connectivity index (χ3n) is 6.95. The second-order valence-corrected chi connectivity index (χ2v) is 8.94. The van der Waals surface area contributed by atoms with Crippen molar-refractivity contribution < 1.29 is 0 Å². The Kier molecular flexibility index (Phi) is 6.09. The molecule has 1 fully saturated rings. The highest BCUT2D eigenvalue weighted by Crippen LogP contribution is 2.35. The quantitative estimate of drug-likeness (QED) is 0.641. The second kappa shape index (κ2) is 9.28. The lowest BCUT2D eigenvalue weighted by Crippen LogP contribution is -2.46. The number of piperazine rings is 1. The van der Waals surface area contributed by atoms with Gasteiger partial charge in [-0.2, -0.15) is 5.10 Å². The number of nitrogens with one attached hydrogen (secondary N) is 3. The molecule has 1 saturated heterocycles. The number of allylic oxidation sites excluding steroid dienone is 2. The number of anilines is 2. The fraction of sp³-hybridized carbons (Fsp3) is 0.480. The molecular formula is C25H34N6. The summed E-state index contributed by atoms with van der Waals surface area (Å²) in [5, 5.41) is 14.8. The average Bonchev–Trinajstić information content (AvgIpc) is 3.41. The van der Waals surface area contributed by atoms with Crippen LogP contribution in [0, 0.1) is 0 Å². The number of benzene rings is 1. The zero-order valence-corrected chi connectivity index (χ0v) is 18.5. The van der Waals surface area contributed by atoms with Crippen LogP contribution in [0.2, 0.25) is 0 Å². The topological polar surface area (TPSA) is 59.2 Å². The van der Waals surface area contributed by atoms with E-state index in [0.717, 1.165) is 37.6 Å². The highest BCUT2D eigenvalue weighted by atomic mass is 15.3. The van der Waals surface area contributed by atoms with Crippen LogP contribution in [0.15, 0.2) is 53.6 Å². The molecule has 2 aromatic rings. The molecule has 2 aliphatic heterocycles. The zero-order valence-electron chi connectivity index (χ0n) is 18.5. The molecule has 164 valence electrons. The monoisotopic (exact) mass is 418 g/mol. The number of likely N-dealkylation sites (N-methyl/N-ethyl adjacent to an activating group) is 1. The Morgan fingerprint density at radius 1 is 1.03 bits per heavy atom. The normalized spacial score (nSPS) is 21.9. The molecule has 0 radical (unpaired) electrons. The number of hydrogen-bond donors (Lipinski definition) is 3. The summed E-state index contributed by atoms with van der Waals surface area (Å²) < 4.78 is 0. The maximum atomic E-state index is 4.48. The lowest BCUT2D eigenvalue weighted by Gasteiger charge is -2.35. The molecule has 31 heavy (non-hydrogen) atoms. The Labute approximate surface area is 185 Å². The van der Waals surface area contributed by atoms with Gasteiger partial charge < -0.3 is 15.5 Å². The first kappa shape index (κ1) is 20.3. The van der Waals surface area contributed by atoms with Crippen LogP contribution in [-0.4, -0.2) is 65.3 Å². The minimum absolute atomic E-state index is 0.382. The molecule has 1 aliphatic carbocycles. The number of H-pyrrole nitrogens is 1. The molecule has 0 saturated carbocycles. The molecule has 0 bridgehead atoms. The first-order chi connectivity index (χ1) is 15.3. The lowest BCUT2D eigenvalue weighted by molar-refractivity contribution is 0.145. The summed E-state index contributed by atoms with van der Waals surface area (Å²) in [6.45, 7) is 10.2. The van der Waals surface area contributed by atoms with Crippen molar-refractivity contribution in [3.8, 4) is 0 Å². The van der Waals surface area contributed by atoms with Gasteiger partial charge in [-0.05, 0) is 30.5 Å². The second-order valence-electron chi connectivity index (χ2n) is 8.94. The molecule has 1 atom stereocenters. The van der Waals surface area contributed by atoms with Crippen molar-refractivity contribution in [2.45, 2.75) is 38.8 Å². The van der Waals surface area contributed by atoms with E-state index in [1.165, 1.54) is 55.8 Å². The molecule has 3 heterocycles. The Hall–Kier alpha value is -2.57. The maximum Gasteiger partial charge on any atom is 0.153 e. The van der Waals surface area contributed by atoms with E-state index in [2.05, 4.69) is 80.0 Å². The summed E-state index contributed by atoms with van der Waals surface area (Å²) >= 11 is 0. The maximum absolute atomic E-state index is 4.48. The molecule has 3 aliphatic rings. The Bertz CT molecular complexity index is 936. The first-order valence-electron chi connectivity index (χ1n) is 11.7. The summed E-state index contributed by atoms with van der Waals surface area (Å²) in [5.74, 6) is 2.05. The summed E-state index contributed by atoms with van der Waals surface area (Å²) in [6.07, 6.45) is 8.09. The van der Waals surface area contributed by atoms with E-state index in [9.17, 15) is 0 Å². The number of aromatic nitrogens is 2. The van der Waals surface area contributed by atoms with Gasteiger partial charge in [0.15, 0.2) is 5.82 Å². The minimum atomic E-state index is 0.382. The van der Waals surface area contributed by atoms with Gasteiger partial charge in [0.2, 0.25) is 0 Å². The van der Waals surface area contributed by atoms with E-state index in [4.69, 9.17) is 0 Å². The molecule has 5 rings (SSSR count). The summed E-state index contributed by atoms with van der Waals surface area (Å²) in [7, 11) is 0. The molecule has 0 spiro atoms. The van der Waals surface area contributed by atoms with Gasteiger partial charge >= 0.3 is 0 Å². The van der Waals surface area contributed by atoms with Crippen molar-refractivity contribution >= 4 is 11.6 Å². The van der Waals surface area contributed by atoms with Gasteiger partial charge in [0.25, 0.3) is 0 Å². The van der Waals surface area contributed by atoms with E-state index in [1.807, 2.05) is 0 Å². The van der Waals surface area contributed by atoms with E-state index >= 15 is 0 Å². The minimum Gasteiger partial charge on any atom is -0.364 e. The van der Waals surface area contributed by atoms with Gasteiger partial charge in [-0.3, -0.25) is 10.00 Å². The van der Waals surface area contributed by atoms with Crippen molar-refractivity contribution in [3.63, 3.8) is 0 Å². The van der Waals surface area contributed by atoms with E-state index < -0.39 is 0 Å². The largest absolute Gasteiger partial charge is 0.364 e. The van der Waals surface area contributed by atoms with Crippen LogP contribution in [0.4, 0.5) is 11.6 Å². The van der Waals surface area contributed by atoms with E-state index in [1.54, 1.807) is 5.57 Å². The van der Waals surface area contributed by atoms with Crippen LogP contribution >= 0.6 is 0 Å². The van der Waals surface area contributed by atoms with Crippen molar-refractivity contribution in [1.82, 2.24) is 20.0 Å². The molecule has 3 N–H and O–H groups in total. The van der Waals surface area contributed by atoms with Crippen molar-refractivity contribution in [1.29, 1.82) is 0 Å². The zero-order chi connectivity index (χ0) is 21.0. The third-order valence-corrected chi connectivity index (χ3v) is 6.95. The van der Waals surface area contributed by atoms with Crippen LogP contribution in [0.3, 0.4) is 0 Å². The first-order valence-corrected chi connectivity index (χ1v) is 11.7. The molecule has 6 heteroatoms. The van der Waals surface area contributed by atoms with Gasteiger partial charge in [0, 0.05) is 51.3 Å². The number of hydrogen-bond acceptors (Lipinski definition) is 5. The molecule has 1 aromatic carbocycles. The van der Waals surface area contributed by atoms with Gasteiger partial charge in [0.05, 0.1) is 6.04 Å². The number of aromatic amines is 1. The van der Waals surface area contributed by atoms with Crippen LogP contribution in [-0.2, 0) is 13.0 Å². The average molecular weight is 419 g/mol.